The lowest BCUT2D eigenvalue weighted by Gasteiger charge is -2.10. The van der Waals surface area contributed by atoms with E-state index in [1.165, 1.54) is 6.07 Å². The van der Waals surface area contributed by atoms with Gasteiger partial charge in [0.25, 0.3) is 0 Å². The summed E-state index contributed by atoms with van der Waals surface area (Å²) in [5.41, 5.74) is 7.00. The van der Waals surface area contributed by atoms with E-state index in [0.29, 0.717) is 0 Å². The van der Waals surface area contributed by atoms with Crippen LogP contribution in [0.3, 0.4) is 0 Å². The Morgan fingerprint density at radius 1 is 1.75 bits per heavy atom. The summed E-state index contributed by atoms with van der Waals surface area (Å²) in [5, 5.41) is 8.76. The molecule has 0 aliphatic heterocycles. The molecule has 1 atom stereocenters. The lowest BCUT2D eigenvalue weighted by molar-refractivity contribution is 0.267. The van der Waals surface area contributed by atoms with Crippen LogP contribution in [0.1, 0.15) is 17.2 Å². The molecule has 0 fully saturated rings. The largest absolute Gasteiger partial charge is 0.394 e. The number of aromatic nitrogens is 1. The van der Waals surface area contributed by atoms with E-state index in [1.54, 1.807) is 13.1 Å². The van der Waals surface area contributed by atoms with Gasteiger partial charge in [-0.3, -0.25) is 4.79 Å². The Kier molecular flexibility index (Phi) is 2.62. The summed E-state index contributed by atoms with van der Waals surface area (Å²) in [5.74, 6) is 0. The number of aliphatic hydroxyl groups is 1. The quantitative estimate of drug-likeness (QED) is 0.566. The Labute approximate surface area is 70.0 Å². The number of nitrogens with two attached hydrogens (primary N) is 1. The van der Waals surface area contributed by atoms with Gasteiger partial charge in [0.15, 0.2) is 0 Å². The molecule has 0 spiro atoms. The molecule has 0 radical (unpaired) electrons. The van der Waals surface area contributed by atoms with Gasteiger partial charge in [-0.15, -0.1) is 0 Å². The van der Waals surface area contributed by atoms with Gasteiger partial charge in [0.1, 0.15) is 0 Å². The first-order valence-electron chi connectivity index (χ1n) is 3.71. The Hall–Kier alpha value is -1.13. The maximum Gasteiger partial charge on any atom is 0.248 e. The van der Waals surface area contributed by atoms with Crippen molar-refractivity contribution < 1.29 is 5.11 Å². The summed E-state index contributed by atoms with van der Waals surface area (Å²) in [4.78, 5) is 13.3. The van der Waals surface area contributed by atoms with Crippen molar-refractivity contribution in [2.75, 3.05) is 6.61 Å². The van der Waals surface area contributed by atoms with Gasteiger partial charge in [-0.25, -0.2) is 0 Å². The molecule has 1 rings (SSSR count). The van der Waals surface area contributed by atoms with Gasteiger partial charge >= 0.3 is 0 Å². The first-order chi connectivity index (χ1) is 5.65. The van der Waals surface area contributed by atoms with E-state index >= 15 is 0 Å². The van der Waals surface area contributed by atoms with Crippen LogP contribution < -0.4 is 11.3 Å². The van der Waals surface area contributed by atoms with Crippen molar-refractivity contribution in [1.82, 2.24) is 4.98 Å². The predicted octanol–water partition coefficient (Wildman–Crippen LogP) is -0.325. The normalized spacial score (nSPS) is 12.9. The highest BCUT2D eigenvalue weighted by Gasteiger charge is 2.06. The number of aromatic amines is 1. The van der Waals surface area contributed by atoms with E-state index in [1.807, 2.05) is 0 Å². The highest BCUT2D eigenvalue weighted by Crippen LogP contribution is 2.10. The SMILES string of the molecule is Cc1cc(=O)[nH]cc1C(N)CO. The fourth-order valence-corrected chi connectivity index (χ4v) is 1.08. The molecule has 12 heavy (non-hydrogen) atoms. The van der Waals surface area contributed by atoms with E-state index in [2.05, 4.69) is 4.98 Å². The third kappa shape index (κ3) is 1.72. The Balaban J connectivity index is 3.09. The molecule has 0 saturated heterocycles. The third-order valence-corrected chi connectivity index (χ3v) is 1.77. The van der Waals surface area contributed by atoms with E-state index in [9.17, 15) is 4.79 Å². The van der Waals surface area contributed by atoms with Gasteiger partial charge in [0, 0.05) is 12.3 Å². The zero-order chi connectivity index (χ0) is 9.14. The summed E-state index contributed by atoms with van der Waals surface area (Å²) in [6.07, 6.45) is 1.54. The molecule has 0 amide bonds. The average molecular weight is 168 g/mol. The smallest absolute Gasteiger partial charge is 0.248 e. The number of aliphatic hydroxyl groups excluding tert-OH is 1. The molecule has 0 aromatic carbocycles. The molecule has 1 aromatic rings. The topological polar surface area (TPSA) is 79.1 Å². The number of pyridine rings is 1. The van der Waals surface area contributed by atoms with Gasteiger partial charge in [-0.1, -0.05) is 0 Å². The molecule has 0 aliphatic carbocycles. The predicted molar refractivity (Wildman–Crippen MR) is 45.8 cm³/mol. The molecule has 66 valence electrons. The van der Waals surface area contributed by atoms with Crippen molar-refractivity contribution >= 4 is 0 Å². The second kappa shape index (κ2) is 3.51. The first-order valence-corrected chi connectivity index (χ1v) is 3.71. The molecular formula is C8H12N2O2. The van der Waals surface area contributed by atoms with Gasteiger partial charge < -0.3 is 15.8 Å². The molecule has 4 heteroatoms. The summed E-state index contributed by atoms with van der Waals surface area (Å²) >= 11 is 0. The van der Waals surface area contributed by atoms with Crippen LogP contribution >= 0.6 is 0 Å². The fraction of sp³-hybridized carbons (Fsp3) is 0.375. The molecule has 4 nitrogen and oxygen atoms in total. The van der Waals surface area contributed by atoms with Crippen LogP contribution in [0.4, 0.5) is 0 Å². The molecule has 1 aromatic heterocycles. The first kappa shape index (κ1) is 8.96. The van der Waals surface area contributed by atoms with E-state index in [-0.39, 0.29) is 12.2 Å². The third-order valence-electron chi connectivity index (χ3n) is 1.77. The van der Waals surface area contributed by atoms with Crippen molar-refractivity contribution in [1.29, 1.82) is 0 Å². The molecule has 1 unspecified atom stereocenters. The molecule has 1 heterocycles. The van der Waals surface area contributed by atoms with Crippen molar-refractivity contribution in [2.24, 2.45) is 5.73 Å². The van der Waals surface area contributed by atoms with Gasteiger partial charge in [0.05, 0.1) is 12.6 Å². The summed E-state index contributed by atoms with van der Waals surface area (Å²) in [6.45, 7) is 1.67. The van der Waals surface area contributed by atoms with Crippen molar-refractivity contribution in [2.45, 2.75) is 13.0 Å². The zero-order valence-corrected chi connectivity index (χ0v) is 6.87. The Morgan fingerprint density at radius 2 is 2.42 bits per heavy atom. The van der Waals surface area contributed by atoms with Crippen molar-refractivity contribution in [3.05, 3.63) is 33.7 Å². The van der Waals surface area contributed by atoms with Crippen LogP contribution in [0.2, 0.25) is 0 Å². The summed E-state index contributed by atoms with van der Waals surface area (Å²) in [6, 6.07) is 1.05. The van der Waals surface area contributed by atoms with Gasteiger partial charge in [0.2, 0.25) is 5.56 Å². The zero-order valence-electron chi connectivity index (χ0n) is 6.87. The van der Waals surface area contributed by atoms with Crippen molar-refractivity contribution in [3.8, 4) is 0 Å². The fourth-order valence-electron chi connectivity index (χ4n) is 1.08. The van der Waals surface area contributed by atoms with E-state index < -0.39 is 6.04 Å². The van der Waals surface area contributed by atoms with Crippen LogP contribution in [0, 0.1) is 6.92 Å². The van der Waals surface area contributed by atoms with Crippen molar-refractivity contribution in [3.63, 3.8) is 0 Å². The standard InChI is InChI=1S/C8H12N2O2/c1-5-2-8(12)10-3-6(5)7(9)4-11/h2-3,7,11H,4,9H2,1H3,(H,10,12). The molecular weight excluding hydrogens is 156 g/mol. The Bertz CT molecular complexity index is 319. The Morgan fingerprint density at radius 3 is 2.92 bits per heavy atom. The second-order valence-corrected chi connectivity index (χ2v) is 2.72. The maximum atomic E-state index is 10.8. The molecule has 0 aliphatic rings. The van der Waals surface area contributed by atoms with Crippen LogP contribution in [-0.4, -0.2) is 16.7 Å². The van der Waals surface area contributed by atoms with E-state index in [0.717, 1.165) is 11.1 Å². The molecule has 0 saturated carbocycles. The number of hydrogen-bond acceptors (Lipinski definition) is 3. The molecule has 4 N–H and O–H groups in total. The minimum absolute atomic E-state index is 0.118. The number of hydrogen-bond donors (Lipinski definition) is 3. The number of nitrogens with one attached hydrogen (secondary N) is 1. The van der Waals surface area contributed by atoms with Crippen LogP contribution in [0.25, 0.3) is 0 Å². The van der Waals surface area contributed by atoms with Crippen LogP contribution in [0.15, 0.2) is 17.1 Å². The second-order valence-electron chi connectivity index (χ2n) is 2.72. The minimum atomic E-state index is -0.415. The van der Waals surface area contributed by atoms with Gasteiger partial charge in [-0.2, -0.15) is 0 Å². The molecule has 0 bridgehead atoms. The van der Waals surface area contributed by atoms with Crippen LogP contribution in [-0.2, 0) is 0 Å². The average Bonchev–Trinajstić information content (AvgIpc) is 2.03. The van der Waals surface area contributed by atoms with Gasteiger partial charge in [-0.05, 0) is 18.1 Å². The maximum absolute atomic E-state index is 10.8. The monoisotopic (exact) mass is 168 g/mol. The highest BCUT2D eigenvalue weighted by atomic mass is 16.3. The number of rotatable bonds is 2. The lowest BCUT2D eigenvalue weighted by atomic mass is 10.1. The number of H-pyrrole nitrogens is 1. The lowest BCUT2D eigenvalue weighted by Crippen LogP contribution is -2.18. The summed E-state index contributed by atoms with van der Waals surface area (Å²) < 4.78 is 0. The summed E-state index contributed by atoms with van der Waals surface area (Å²) in [7, 11) is 0. The minimum Gasteiger partial charge on any atom is -0.394 e. The number of aryl methyl sites for hydroxylation is 1. The van der Waals surface area contributed by atoms with E-state index in [4.69, 9.17) is 10.8 Å². The van der Waals surface area contributed by atoms with Crippen LogP contribution in [0.5, 0.6) is 0 Å². The highest BCUT2D eigenvalue weighted by molar-refractivity contribution is 5.24.